The average molecular weight is 374 g/mol. The Morgan fingerprint density at radius 1 is 1.23 bits per heavy atom. The first-order valence-corrected chi connectivity index (χ1v) is 9.27. The maximum atomic E-state index is 12.6. The van der Waals surface area contributed by atoms with Crippen molar-refractivity contribution in [3.8, 4) is 16.9 Å². The Kier molecular flexibility index (Phi) is 4.23. The monoisotopic (exact) mass is 373 g/mol. The number of halogens is 1. The molecule has 2 aliphatic rings. The molecular weight excluding hydrogens is 350 g/mol. The Bertz CT molecular complexity index is 895. The second kappa shape index (κ2) is 7.29. The molecule has 1 atom stereocenters. The molecule has 26 heavy (non-hydrogen) atoms. The Morgan fingerprint density at radius 3 is 2.65 bits per heavy atom. The quantitative estimate of drug-likeness (QED) is 0.809. The fraction of sp³-hybridized carbons (Fsp3) is 0.381. The summed E-state index contributed by atoms with van der Waals surface area (Å²) in [5.41, 5.74) is 2.79. The summed E-state index contributed by atoms with van der Waals surface area (Å²) < 4.78 is 27.9. The molecule has 136 valence electrons. The van der Waals surface area contributed by atoms with E-state index in [0.29, 0.717) is 54.6 Å². The first kappa shape index (κ1) is 15.1. The number of hydrogen-bond acceptors (Lipinski definition) is 3. The van der Waals surface area contributed by atoms with Crippen molar-refractivity contribution in [3.05, 3.63) is 52.5 Å². The maximum absolute atomic E-state index is 12.6. The summed E-state index contributed by atoms with van der Waals surface area (Å²) in [7, 11) is 0. The molecule has 2 heterocycles. The number of ether oxygens (including phenoxy) is 2. The van der Waals surface area contributed by atoms with Crippen molar-refractivity contribution in [2.75, 3.05) is 26.3 Å². The van der Waals surface area contributed by atoms with E-state index in [1.54, 1.807) is 29.2 Å². The molecule has 0 spiro atoms. The van der Waals surface area contributed by atoms with Gasteiger partial charge in [0.2, 0.25) is 0 Å². The van der Waals surface area contributed by atoms with Gasteiger partial charge in [-0.05, 0) is 47.4 Å². The molecule has 0 aromatic heterocycles. The van der Waals surface area contributed by atoms with Gasteiger partial charge in [0.15, 0.2) is 0 Å². The van der Waals surface area contributed by atoms with Crippen molar-refractivity contribution >= 4 is 17.5 Å². The van der Waals surface area contributed by atoms with Crippen LogP contribution in [0.1, 0.15) is 32.0 Å². The Labute approximate surface area is 161 Å². The number of rotatable bonds is 3. The molecule has 1 saturated heterocycles. The van der Waals surface area contributed by atoms with Gasteiger partial charge >= 0.3 is 0 Å². The number of fused-ring (bicyclic) bond motifs is 1. The summed E-state index contributed by atoms with van der Waals surface area (Å²) in [6.45, 7) is 4.25. The maximum Gasteiger partial charge on any atom is 0.254 e. The highest BCUT2D eigenvalue weighted by atomic mass is 35.5. The highest BCUT2D eigenvalue weighted by Crippen LogP contribution is 2.40. The minimum absolute atomic E-state index is 0.00245. The summed E-state index contributed by atoms with van der Waals surface area (Å²) in [6, 6.07) is 10.9. The number of benzene rings is 2. The molecule has 2 aromatic rings. The van der Waals surface area contributed by atoms with Gasteiger partial charge in [-0.25, -0.2) is 0 Å². The molecule has 4 nitrogen and oxygen atoms in total. The Balaban J connectivity index is 1.62. The molecule has 5 heteroatoms. The second-order valence-electron chi connectivity index (χ2n) is 6.48. The lowest BCUT2D eigenvalue weighted by molar-refractivity contribution is 0.0303. The second-order valence-corrected chi connectivity index (χ2v) is 6.88. The van der Waals surface area contributed by atoms with Crippen molar-refractivity contribution in [1.82, 2.24) is 4.90 Å². The van der Waals surface area contributed by atoms with E-state index in [2.05, 4.69) is 0 Å². The van der Waals surface area contributed by atoms with Crippen LogP contribution in [-0.2, 0) is 11.1 Å². The van der Waals surface area contributed by atoms with Crippen LogP contribution in [0.3, 0.4) is 0 Å². The van der Waals surface area contributed by atoms with E-state index >= 15 is 0 Å². The summed E-state index contributed by atoms with van der Waals surface area (Å²) >= 11 is 6.39. The highest BCUT2D eigenvalue weighted by molar-refractivity contribution is 6.32. The van der Waals surface area contributed by atoms with E-state index in [-0.39, 0.29) is 5.91 Å². The van der Waals surface area contributed by atoms with Crippen molar-refractivity contribution < 1.29 is 17.0 Å². The fourth-order valence-corrected chi connectivity index (χ4v) is 3.54. The third kappa shape index (κ3) is 3.31. The van der Waals surface area contributed by atoms with Crippen LogP contribution in [0, 0.1) is 0 Å². The van der Waals surface area contributed by atoms with Gasteiger partial charge in [-0.2, -0.15) is 0 Å². The zero-order valence-electron chi connectivity index (χ0n) is 16.6. The molecule has 0 radical (unpaired) electrons. The molecule has 0 N–H and O–H groups in total. The van der Waals surface area contributed by atoms with Crippen molar-refractivity contribution in [2.24, 2.45) is 0 Å². The molecular formula is C21H22ClNO3. The molecule has 0 bridgehead atoms. The van der Waals surface area contributed by atoms with Crippen LogP contribution in [0.25, 0.3) is 11.1 Å². The summed E-state index contributed by atoms with van der Waals surface area (Å²) in [4.78, 5) is 14.4. The number of nitrogens with zero attached hydrogens (tertiary/aromatic N) is 1. The van der Waals surface area contributed by atoms with Gasteiger partial charge in [0.25, 0.3) is 5.91 Å². The van der Waals surface area contributed by atoms with E-state index in [9.17, 15) is 4.79 Å². The minimum Gasteiger partial charge on any atom is -0.488 e. The number of morpholine rings is 1. The van der Waals surface area contributed by atoms with Crippen molar-refractivity contribution in [3.63, 3.8) is 0 Å². The van der Waals surface area contributed by atoms with Crippen LogP contribution in [0.15, 0.2) is 36.4 Å². The van der Waals surface area contributed by atoms with Crippen molar-refractivity contribution in [1.29, 1.82) is 0 Å². The Morgan fingerprint density at radius 2 is 1.96 bits per heavy atom. The van der Waals surface area contributed by atoms with Gasteiger partial charge in [0, 0.05) is 27.8 Å². The van der Waals surface area contributed by atoms with Gasteiger partial charge < -0.3 is 14.4 Å². The SMILES string of the molecule is [2H]C1([2H])c2cc(-c3ccc(C(=O)N4CCOCC4)cc3)cc(Cl)c2OC1CC. The smallest absolute Gasteiger partial charge is 0.254 e. The molecule has 1 unspecified atom stereocenters. The van der Waals surface area contributed by atoms with Gasteiger partial charge in [0.1, 0.15) is 11.9 Å². The van der Waals surface area contributed by atoms with E-state index in [0.717, 1.165) is 11.1 Å². The summed E-state index contributed by atoms with van der Waals surface area (Å²) in [6.07, 6.45) is -1.56. The van der Waals surface area contributed by atoms with E-state index in [1.165, 1.54) is 0 Å². The molecule has 0 aliphatic carbocycles. The van der Waals surface area contributed by atoms with Crippen LogP contribution in [0.2, 0.25) is 5.02 Å². The van der Waals surface area contributed by atoms with Crippen molar-refractivity contribution in [2.45, 2.75) is 25.8 Å². The van der Waals surface area contributed by atoms with Crippen LogP contribution in [0.4, 0.5) is 0 Å². The lowest BCUT2D eigenvalue weighted by atomic mass is 9.99. The largest absolute Gasteiger partial charge is 0.488 e. The topological polar surface area (TPSA) is 38.8 Å². The third-order valence-corrected chi connectivity index (χ3v) is 5.04. The zero-order valence-corrected chi connectivity index (χ0v) is 15.4. The minimum atomic E-state index is -1.59. The molecule has 4 rings (SSSR count). The van der Waals surface area contributed by atoms with Gasteiger partial charge in [-0.15, -0.1) is 0 Å². The average Bonchev–Trinajstić information content (AvgIpc) is 2.99. The van der Waals surface area contributed by atoms with E-state index in [1.807, 2.05) is 19.1 Å². The fourth-order valence-electron chi connectivity index (χ4n) is 3.27. The molecule has 0 saturated carbocycles. The summed E-state index contributed by atoms with van der Waals surface area (Å²) in [5, 5.41) is 0.404. The van der Waals surface area contributed by atoms with E-state index < -0.39 is 12.5 Å². The predicted octanol–water partition coefficient (Wildman–Crippen LogP) is 4.19. The normalized spacial score (nSPS) is 22.2. The Hall–Kier alpha value is -2.04. The van der Waals surface area contributed by atoms with Gasteiger partial charge in [0.05, 0.1) is 18.2 Å². The van der Waals surface area contributed by atoms with Crippen LogP contribution in [-0.4, -0.2) is 43.2 Å². The summed E-state index contributed by atoms with van der Waals surface area (Å²) in [5.74, 6) is 0.429. The third-order valence-electron chi connectivity index (χ3n) is 4.75. The molecule has 1 amide bonds. The van der Waals surface area contributed by atoms with E-state index in [4.69, 9.17) is 23.8 Å². The predicted molar refractivity (Wildman–Crippen MR) is 102 cm³/mol. The lowest BCUT2D eigenvalue weighted by Crippen LogP contribution is -2.40. The van der Waals surface area contributed by atoms with Gasteiger partial charge in [-0.1, -0.05) is 30.7 Å². The standard InChI is InChI=1S/C21H22ClNO3/c1-2-18-12-17-11-16(13-19(22)20(17)26-18)14-3-5-15(6-4-14)21(24)23-7-9-25-10-8-23/h3-6,11,13,18H,2,7-10,12H2,1H3/i12D2. The first-order chi connectivity index (χ1) is 13.4. The zero-order chi connectivity index (χ0) is 19.9. The molecule has 2 aliphatic heterocycles. The van der Waals surface area contributed by atoms with Crippen LogP contribution >= 0.6 is 11.6 Å². The van der Waals surface area contributed by atoms with Crippen LogP contribution in [0.5, 0.6) is 5.75 Å². The number of hydrogen-bond donors (Lipinski definition) is 0. The lowest BCUT2D eigenvalue weighted by Gasteiger charge is -2.26. The van der Waals surface area contributed by atoms with Crippen LogP contribution < -0.4 is 4.74 Å². The molecule has 1 fully saturated rings. The highest BCUT2D eigenvalue weighted by Gasteiger charge is 2.25. The van der Waals surface area contributed by atoms with Gasteiger partial charge in [-0.3, -0.25) is 4.79 Å². The first-order valence-electron chi connectivity index (χ1n) is 9.90. The number of amides is 1. The number of carbonyl (C=O) groups excluding carboxylic acids is 1. The number of carbonyl (C=O) groups is 1. The molecule has 2 aromatic carbocycles.